The molecule has 138 valence electrons. The lowest BCUT2D eigenvalue weighted by Crippen LogP contribution is -2.33. The highest BCUT2D eigenvalue weighted by atomic mass is 35.5. The molecule has 2 aromatic rings. The highest BCUT2D eigenvalue weighted by molar-refractivity contribution is 7.89. The SMILES string of the molecule is CC(CNS(=O)(=O)c1ccc(Cl)cc1)C(=O)Oc1ccc2c(c1)CCC2. The number of halogens is 1. The third kappa shape index (κ3) is 4.44. The lowest BCUT2D eigenvalue weighted by atomic mass is 10.1. The summed E-state index contributed by atoms with van der Waals surface area (Å²) < 4.78 is 32.3. The van der Waals surface area contributed by atoms with Crippen molar-refractivity contribution in [1.82, 2.24) is 4.72 Å². The summed E-state index contributed by atoms with van der Waals surface area (Å²) in [7, 11) is -3.70. The van der Waals surface area contributed by atoms with Gasteiger partial charge in [-0.25, -0.2) is 13.1 Å². The molecule has 1 aliphatic carbocycles. The van der Waals surface area contributed by atoms with Gasteiger partial charge in [0.1, 0.15) is 5.75 Å². The standard InChI is InChI=1S/C19H20ClNO4S/c1-13(12-21-26(23,24)18-9-6-16(20)7-10-18)19(22)25-17-8-5-14-3-2-4-15(14)11-17/h5-11,13,21H,2-4,12H2,1H3. The molecule has 5 nitrogen and oxygen atoms in total. The minimum atomic E-state index is -3.70. The van der Waals surface area contributed by atoms with E-state index >= 15 is 0 Å². The van der Waals surface area contributed by atoms with E-state index in [4.69, 9.17) is 16.3 Å². The molecule has 0 heterocycles. The Kier molecular flexibility index (Phi) is 5.65. The van der Waals surface area contributed by atoms with Crippen LogP contribution in [0.5, 0.6) is 5.75 Å². The number of hydrogen-bond acceptors (Lipinski definition) is 4. The molecule has 2 aromatic carbocycles. The zero-order chi connectivity index (χ0) is 18.7. The second kappa shape index (κ2) is 7.78. The van der Waals surface area contributed by atoms with Gasteiger partial charge in [-0.05, 0) is 66.8 Å². The fourth-order valence-corrected chi connectivity index (χ4v) is 4.10. The van der Waals surface area contributed by atoms with E-state index in [-0.39, 0.29) is 11.4 Å². The monoisotopic (exact) mass is 393 g/mol. The Morgan fingerprint density at radius 3 is 2.58 bits per heavy atom. The Morgan fingerprint density at radius 2 is 1.85 bits per heavy atom. The Morgan fingerprint density at radius 1 is 1.15 bits per heavy atom. The molecule has 0 saturated heterocycles. The summed E-state index contributed by atoms with van der Waals surface area (Å²) in [5, 5.41) is 0.454. The van der Waals surface area contributed by atoms with E-state index in [9.17, 15) is 13.2 Å². The van der Waals surface area contributed by atoms with Gasteiger partial charge in [0, 0.05) is 11.6 Å². The van der Waals surface area contributed by atoms with Crippen molar-refractivity contribution in [1.29, 1.82) is 0 Å². The first-order valence-electron chi connectivity index (χ1n) is 8.44. The van der Waals surface area contributed by atoms with E-state index in [1.54, 1.807) is 13.0 Å². The molecule has 0 aromatic heterocycles. The molecule has 0 bridgehead atoms. The van der Waals surface area contributed by atoms with Crippen LogP contribution in [0.3, 0.4) is 0 Å². The molecule has 1 N–H and O–H groups in total. The van der Waals surface area contributed by atoms with Crippen LogP contribution < -0.4 is 9.46 Å². The largest absolute Gasteiger partial charge is 0.426 e. The van der Waals surface area contributed by atoms with Crippen LogP contribution >= 0.6 is 11.6 Å². The number of aryl methyl sites for hydroxylation is 2. The second-order valence-electron chi connectivity index (χ2n) is 6.41. The van der Waals surface area contributed by atoms with Gasteiger partial charge in [-0.1, -0.05) is 24.6 Å². The summed E-state index contributed by atoms with van der Waals surface area (Å²) >= 11 is 5.77. The lowest BCUT2D eigenvalue weighted by molar-refractivity contribution is -0.138. The highest BCUT2D eigenvalue weighted by Crippen LogP contribution is 2.26. The maximum absolute atomic E-state index is 12.3. The van der Waals surface area contributed by atoms with Crippen molar-refractivity contribution in [2.45, 2.75) is 31.1 Å². The average molecular weight is 394 g/mol. The summed E-state index contributed by atoms with van der Waals surface area (Å²) in [5.74, 6) is -0.588. The first-order chi connectivity index (χ1) is 12.3. The maximum atomic E-state index is 12.3. The number of sulfonamides is 1. The van der Waals surface area contributed by atoms with E-state index in [0.29, 0.717) is 10.8 Å². The number of ether oxygens (including phenoxy) is 1. The first-order valence-corrected chi connectivity index (χ1v) is 10.3. The molecule has 26 heavy (non-hydrogen) atoms. The number of benzene rings is 2. The predicted molar refractivity (Wildman–Crippen MR) is 99.9 cm³/mol. The van der Waals surface area contributed by atoms with E-state index in [1.807, 2.05) is 12.1 Å². The van der Waals surface area contributed by atoms with Crippen LogP contribution in [0.15, 0.2) is 47.4 Å². The average Bonchev–Trinajstić information content (AvgIpc) is 3.08. The van der Waals surface area contributed by atoms with Crippen molar-refractivity contribution < 1.29 is 17.9 Å². The minimum Gasteiger partial charge on any atom is -0.426 e. The van der Waals surface area contributed by atoms with E-state index in [0.717, 1.165) is 19.3 Å². The van der Waals surface area contributed by atoms with Crippen molar-refractivity contribution in [3.63, 3.8) is 0 Å². The topological polar surface area (TPSA) is 72.5 Å². The zero-order valence-electron chi connectivity index (χ0n) is 14.4. The molecule has 0 amide bonds. The molecular weight excluding hydrogens is 374 g/mol. The van der Waals surface area contributed by atoms with Crippen LogP contribution in [0.25, 0.3) is 0 Å². The number of esters is 1. The molecule has 0 fully saturated rings. The predicted octanol–water partition coefficient (Wildman–Crippen LogP) is 3.35. The summed E-state index contributed by atoms with van der Waals surface area (Å²) in [6, 6.07) is 11.5. The van der Waals surface area contributed by atoms with Crippen molar-refractivity contribution >= 4 is 27.6 Å². The normalized spacial score (nSPS) is 14.7. The molecule has 1 unspecified atom stereocenters. The molecule has 0 saturated carbocycles. The number of carbonyl (C=O) groups excluding carboxylic acids is 1. The Balaban J connectivity index is 1.58. The van der Waals surface area contributed by atoms with Crippen LogP contribution in [-0.4, -0.2) is 20.9 Å². The second-order valence-corrected chi connectivity index (χ2v) is 8.62. The Hall–Kier alpha value is -1.89. The molecule has 1 aliphatic rings. The van der Waals surface area contributed by atoms with Crippen molar-refractivity contribution in [2.24, 2.45) is 5.92 Å². The molecular formula is C19H20ClNO4S. The molecule has 0 radical (unpaired) electrons. The molecule has 3 rings (SSSR count). The van der Waals surface area contributed by atoms with Gasteiger partial charge in [0.05, 0.1) is 10.8 Å². The molecule has 0 spiro atoms. The number of hydrogen-bond donors (Lipinski definition) is 1. The van der Waals surface area contributed by atoms with Crippen molar-refractivity contribution in [3.8, 4) is 5.75 Å². The Bertz CT molecular complexity index is 910. The van der Waals surface area contributed by atoms with Gasteiger partial charge in [0.15, 0.2) is 0 Å². The number of rotatable bonds is 6. The highest BCUT2D eigenvalue weighted by Gasteiger charge is 2.21. The third-order valence-corrected chi connectivity index (χ3v) is 6.09. The van der Waals surface area contributed by atoms with E-state index < -0.39 is 21.9 Å². The molecule has 7 heteroatoms. The lowest BCUT2D eigenvalue weighted by Gasteiger charge is -2.13. The molecule has 0 aliphatic heterocycles. The van der Waals surface area contributed by atoms with Gasteiger partial charge in [-0.15, -0.1) is 0 Å². The smallest absolute Gasteiger partial charge is 0.315 e. The van der Waals surface area contributed by atoms with Gasteiger partial charge in [-0.2, -0.15) is 0 Å². The van der Waals surface area contributed by atoms with E-state index in [2.05, 4.69) is 4.72 Å². The van der Waals surface area contributed by atoms with Gasteiger partial charge < -0.3 is 4.74 Å². The van der Waals surface area contributed by atoms with Crippen LogP contribution in [0.1, 0.15) is 24.5 Å². The quantitative estimate of drug-likeness (QED) is 0.603. The van der Waals surface area contributed by atoms with Gasteiger partial charge >= 0.3 is 5.97 Å². The number of nitrogens with one attached hydrogen (secondary N) is 1. The number of carbonyl (C=O) groups is 1. The van der Waals surface area contributed by atoms with Gasteiger partial charge in [0.2, 0.25) is 10.0 Å². The summed E-state index contributed by atoms with van der Waals surface area (Å²) in [6.07, 6.45) is 3.18. The zero-order valence-corrected chi connectivity index (χ0v) is 15.9. The summed E-state index contributed by atoms with van der Waals surface area (Å²) in [6.45, 7) is 1.58. The first kappa shape index (κ1) is 18.9. The van der Waals surface area contributed by atoms with Crippen molar-refractivity contribution in [3.05, 3.63) is 58.6 Å². The van der Waals surface area contributed by atoms with Crippen molar-refractivity contribution in [2.75, 3.05) is 6.54 Å². The van der Waals surface area contributed by atoms with Crippen LogP contribution in [0, 0.1) is 5.92 Å². The minimum absolute atomic E-state index is 0.0469. The van der Waals surface area contributed by atoms with Crippen LogP contribution in [-0.2, 0) is 27.7 Å². The fraction of sp³-hybridized carbons (Fsp3) is 0.316. The van der Waals surface area contributed by atoms with Gasteiger partial charge in [-0.3, -0.25) is 4.79 Å². The Labute approximate surface area is 158 Å². The molecule has 1 atom stereocenters. The fourth-order valence-electron chi connectivity index (χ4n) is 2.84. The van der Waals surface area contributed by atoms with Gasteiger partial charge in [0.25, 0.3) is 0 Å². The number of fused-ring (bicyclic) bond motifs is 1. The third-order valence-electron chi connectivity index (χ3n) is 4.39. The summed E-state index contributed by atoms with van der Waals surface area (Å²) in [4.78, 5) is 12.3. The van der Waals surface area contributed by atoms with Crippen LogP contribution in [0.2, 0.25) is 5.02 Å². The summed E-state index contributed by atoms with van der Waals surface area (Å²) in [5.41, 5.74) is 2.51. The van der Waals surface area contributed by atoms with E-state index in [1.165, 1.54) is 35.4 Å². The maximum Gasteiger partial charge on any atom is 0.315 e. The van der Waals surface area contributed by atoms with Crippen LogP contribution in [0.4, 0.5) is 0 Å².